The number of nitrogens with one attached hydrogen (secondary N) is 1. The van der Waals surface area contributed by atoms with Crippen molar-refractivity contribution in [3.05, 3.63) is 35.2 Å². The summed E-state index contributed by atoms with van der Waals surface area (Å²) in [6.07, 6.45) is 0.690. The van der Waals surface area contributed by atoms with Gasteiger partial charge in [-0.05, 0) is 30.8 Å². The summed E-state index contributed by atoms with van der Waals surface area (Å²) < 4.78 is 5.10. The molecular weight excluding hydrogens is 238 g/mol. The van der Waals surface area contributed by atoms with Gasteiger partial charge in [0.05, 0.1) is 7.11 Å². The summed E-state index contributed by atoms with van der Waals surface area (Å²) in [6.45, 7) is 0.548. The van der Waals surface area contributed by atoms with Gasteiger partial charge in [0.2, 0.25) is 0 Å². The second-order valence-corrected chi connectivity index (χ2v) is 3.99. The van der Waals surface area contributed by atoms with Crippen LogP contribution in [0.5, 0.6) is 5.75 Å². The third kappa shape index (κ3) is 2.60. The number of H-pyrrole nitrogens is 1. The van der Waals surface area contributed by atoms with Gasteiger partial charge in [-0.1, -0.05) is 11.6 Å². The standard InChI is InChI=1S/C12H14ClN3O/c1-17-9-4-2-8(3-5-9)11-12(13)16-10(15-11)6-7-14/h2-5H,6-7,14H2,1H3,(H,15,16). The first-order chi connectivity index (χ1) is 8.24. The minimum absolute atomic E-state index is 0.540. The van der Waals surface area contributed by atoms with Crippen LogP contribution in [0.1, 0.15) is 5.82 Å². The maximum absolute atomic E-state index is 6.10. The quantitative estimate of drug-likeness (QED) is 0.876. The summed E-state index contributed by atoms with van der Waals surface area (Å²) in [4.78, 5) is 7.43. The average molecular weight is 252 g/mol. The Morgan fingerprint density at radius 1 is 1.35 bits per heavy atom. The molecule has 2 rings (SSSR count). The summed E-state index contributed by atoms with van der Waals surface area (Å²) in [5, 5.41) is 0.540. The molecule has 1 heterocycles. The molecule has 0 saturated heterocycles. The normalized spacial score (nSPS) is 10.5. The number of aromatic nitrogens is 2. The van der Waals surface area contributed by atoms with Crippen molar-refractivity contribution in [2.75, 3.05) is 13.7 Å². The molecule has 0 spiro atoms. The van der Waals surface area contributed by atoms with Crippen LogP contribution in [0, 0.1) is 0 Å². The number of benzene rings is 1. The van der Waals surface area contributed by atoms with Gasteiger partial charge in [-0.2, -0.15) is 0 Å². The van der Waals surface area contributed by atoms with Crippen LogP contribution in [0.4, 0.5) is 0 Å². The minimum Gasteiger partial charge on any atom is -0.497 e. The number of nitrogens with zero attached hydrogens (tertiary/aromatic N) is 1. The summed E-state index contributed by atoms with van der Waals surface area (Å²) >= 11 is 6.10. The molecule has 0 unspecified atom stereocenters. The molecule has 3 N–H and O–H groups in total. The molecule has 1 aromatic carbocycles. The molecule has 0 aliphatic rings. The van der Waals surface area contributed by atoms with Crippen LogP contribution in [-0.2, 0) is 6.42 Å². The van der Waals surface area contributed by atoms with Crippen molar-refractivity contribution in [1.82, 2.24) is 9.97 Å². The molecule has 0 saturated carbocycles. The predicted molar refractivity (Wildman–Crippen MR) is 68.3 cm³/mol. The Morgan fingerprint density at radius 3 is 2.65 bits per heavy atom. The molecule has 0 atom stereocenters. The van der Waals surface area contributed by atoms with Gasteiger partial charge in [0.25, 0.3) is 0 Å². The monoisotopic (exact) mass is 251 g/mol. The molecule has 5 heteroatoms. The van der Waals surface area contributed by atoms with Gasteiger partial charge in [-0.15, -0.1) is 0 Å². The number of halogens is 1. The molecule has 17 heavy (non-hydrogen) atoms. The van der Waals surface area contributed by atoms with Crippen molar-refractivity contribution in [2.24, 2.45) is 5.73 Å². The van der Waals surface area contributed by atoms with Crippen LogP contribution < -0.4 is 10.5 Å². The van der Waals surface area contributed by atoms with Crippen LogP contribution in [0.25, 0.3) is 11.3 Å². The molecule has 90 valence electrons. The lowest BCUT2D eigenvalue weighted by atomic mass is 10.1. The Bertz CT molecular complexity index is 493. The SMILES string of the molecule is COc1ccc(-c2nc(CCN)[nH]c2Cl)cc1. The van der Waals surface area contributed by atoms with Gasteiger partial charge in [0, 0.05) is 12.0 Å². The molecule has 0 fully saturated rings. The fourth-order valence-corrected chi connectivity index (χ4v) is 1.85. The lowest BCUT2D eigenvalue weighted by molar-refractivity contribution is 0.415. The Kier molecular flexibility index (Phi) is 3.66. The van der Waals surface area contributed by atoms with E-state index in [1.165, 1.54) is 0 Å². The van der Waals surface area contributed by atoms with E-state index in [4.69, 9.17) is 22.1 Å². The Labute approximate surface area is 105 Å². The van der Waals surface area contributed by atoms with E-state index in [0.717, 1.165) is 22.8 Å². The number of imidazole rings is 1. The van der Waals surface area contributed by atoms with Gasteiger partial charge in [-0.25, -0.2) is 4.98 Å². The minimum atomic E-state index is 0.540. The first-order valence-corrected chi connectivity index (χ1v) is 5.71. The molecular formula is C12H14ClN3O. The van der Waals surface area contributed by atoms with Crippen molar-refractivity contribution >= 4 is 11.6 Å². The highest BCUT2D eigenvalue weighted by Crippen LogP contribution is 2.27. The summed E-state index contributed by atoms with van der Waals surface area (Å²) in [7, 11) is 1.63. The lowest BCUT2D eigenvalue weighted by Crippen LogP contribution is -2.03. The van der Waals surface area contributed by atoms with E-state index in [0.29, 0.717) is 18.1 Å². The Hall–Kier alpha value is -1.52. The molecule has 0 bridgehead atoms. The largest absolute Gasteiger partial charge is 0.497 e. The summed E-state index contributed by atoms with van der Waals surface area (Å²) in [5.41, 5.74) is 7.18. The number of ether oxygens (including phenoxy) is 1. The zero-order valence-corrected chi connectivity index (χ0v) is 10.3. The molecule has 4 nitrogen and oxygen atoms in total. The first-order valence-electron chi connectivity index (χ1n) is 5.33. The van der Waals surface area contributed by atoms with Crippen molar-refractivity contribution in [1.29, 1.82) is 0 Å². The maximum atomic E-state index is 6.10. The van der Waals surface area contributed by atoms with Crippen molar-refractivity contribution in [3.8, 4) is 17.0 Å². The third-order valence-corrected chi connectivity index (χ3v) is 2.73. The molecule has 0 aliphatic heterocycles. The smallest absolute Gasteiger partial charge is 0.134 e. The first kappa shape index (κ1) is 12.0. The topological polar surface area (TPSA) is 63.9 Å². The number of rotatable bonds is 4. The van der Waals surface area contributed by atoms with Gasteiger partial charge in [0.1, 0.15) is 22.4 Å². The van der Waals surface area contributed by atoms with Crippen molar-refractivity contribution in [3.63, 3.8) is 0 Å². The van der Waals surface area contributed by atoms with E-state index >= 15 is 0 Å². The number of nitrogens with two attached hydrogens (primary N) is 1. The second kappa shape index (κ2) is 5.21. The fourth-order valence-electron chi connectivity index (χ4n) is 1.59. The fraction of sp³-hybridized carbons (Fsp3) is 0.250. The number of aromatic amines is 1. The van der Waals surface area contributed by atoms with Crippen molar-refractivity contribution in [2.45, 2.75) is 6.42 Å². The highest BCUT2D eigenvalue weighted by molar-refractivity contribution is 6.31. The molecule has 2 aromatic rings. The van der Waals surface area contributed by atoms with Gasteiger partial charge in [-0.3, -0.25) is 0 Å². The zero-order chi connectivity index (χ0) is 12.3. The van der Waals surface area contributed by atoms with Crippen LogP contribution in [0.3, 0.4) is 0 Å². The number of hydrogen-bond acceptors (Lipinski definition) is 3. The lowest BCUT2D eigenvalue weighted by Gasteiger charge is -2.01. The van der Waals surface area contributed by atoms with Crippen LogP contribution in [-0.4, -0.2) is 23.6 Å². The summed E-state index contributed by atoms with van der Waals surface area (Å²) in [5.74, 6) is 1.62. The number of hydrogen-bond donors (Lipinski definition) is 2. The van der Waals surface area contributed by atoms with Gasteiger partial charge < -0.3 is 15.5 Å². The highest BCUT2D eigenvalue weighted by atomic mass is 35.5. The van der Waals surface area contributed by atoms with Crippen LogP contribution in [0.15, 0.2) is 24.3 Å². The highest BCUT2D eigenvalue weighted by Gasteiger charge is 2.10. The van der Waals surface area contributed by atoms with Gasteiger partial charge in [0.15, 0.2) is 0 Å². The molecule has 0 aliphatic carbocycles. The van der Waals surface area contributed by atoms with E-state index in [9.17, 15) is 0 Å². The van der Waals surface area contributed by atoms with Crippen LogP contribution >= 0.6 is 11.6 Å². The third-order valence-electron chi connectivity index (χ3n) is 2.45. The average Bonchev–Trinajstić information content (AvgIpc) is 2.71. The molecule has 0 amide bonds. The van der Waals surface area contributed by atoms with Crippen LogP contribution in [0.2, 0.25) is 5.15 Å². The zero-order valence-electron chi connectivity index (χ0n) is 9.53. The van der Waals surface area contributed by atoms with E-state index in [-0.39, 0.29) is 0 Å². The van der Waals surface area contributed by atoms with E-state index in [1.54, 1.807) is 7.11 Å². The van der Waals surface area contributed by atoms with Crippen molar-refractivity contribution < 1.29 is 4.74 Å². The summed E-state index contributed by atoms with van der Waals surface area (Å²) in [6, 6.07) is 7.60. The van der Waals surface area contributed by atoms with Gasteiger partial charge >= 0.3 is 0 Å². The Morgan fingerprint density at radius 2 is 2.06 bits per heavy atom. The molecule has 0 radical (unpaired) electrons. The second-order valence-electron chi connectivity index (χ2n) is 3.61. The van der Waals surface area contributed by atoms with E-state index < -0.39 is 0 Å². The van der Waals surface area contributed by atoms with E-state index in [2.05, 4.69) is 9.97 Å². The number of methoxy groups -OCH3 is 1. The molecule has 1 aromatic heterocycles. The Balaban J connectivity index is 2.31. The maximum Gasteiger partial charge on any atom is 0.134 e. The van der Waals surface area contributed by atoms with E-state index in [1.807, 2.05) is 24.3 Å². The predicted octanol–water partition coefficient (Wildman–Crippen LogP) is 2.24.